The molecule has 3 aromatic rings. The molecule has 4 heteroatoms. The Morgan fingerprint density at radius 2 is 2.24 bits per heavy atom. The third-order valence-electron chi connectivity index (χ3n) is 3.01. The first-order valence-electron chi connectivity index (χ1n) is 5.64. The maximum atomic E-state index is 5.29. The number of oxazole rings is 1. The summed E-state index contributed by atoms with van der Waals surface area (Å²) in [6.07, 6.45) is 4.09. The van der Waals surface area contributed by atoms with Crippen molar-refractivity contribution in [1.82, 2.24) is 14.5 Å². The lowest BCUT2D eigenvalue weighted by Crippen LogP contribution is -1.94. The van der Waals surface area contributed by atoms with Gasteiger partial charge in [-0.2, -0.15) is 0 Å². The second-order valence-electron chi connectivity index (χ2n) is 4.01. The second kappa shape index (κ2) is 3.73. The predicted molar refractivity (Wildman–Crippen MR) is 65.6 cm³/mol. The standard InChI is InChI=1S/C13H13N3O/c1-3-13-15-10-6-9(12-7-14-8-17-12)4-5-11(10)16(13)2/h4-8H,3H2,1-2H3. The lowest BCUT2D eigenvalue weighted by Gasteiger charge is -1.99. The van der Waals surface area contributed by atoms with Crippen molar-refractivity contribution in [2.45, 2.75) is 13.3 Å². The Morgan fingerprint density at radius 3 is 2.94 bits per heavy atom. The summed E-state index contributed by atoms with van der Waals surface area (Å²) >= 11 is 0. The van der Waals surface area contributed by atoms with Crippen molar-refractivity contribution in [3.8, 4) is 11.3 Å². The van der Waals surface area contributed by atoms with E-state index in [0.717, 1.165) is 34.6 Å². The van der Waals surface area contributed by atoms with Gasteiger partial charge < -0.3 is 8.98 Å². The SMILES string of the molecule is CCc1nc2cc(-c3cnco3)ccc2n1C. The first-order valence-corrected chi connectivity index (χ1v) is 5.64. The molecule has 0 saturated heterocycles. The fourth-order valence-corrected chi connectivity index (χ4v) is 2.08. The summed E-state index contributed by atoms with van der Waals surface area (Å²) in [5, 5.41) is 0. The Morgan fingerprint density at radius 1 is 1.35 bits per heavy atom. The van der Waals surface area contributed by atoms with E-state index in [9.17, 15) is 0 Å². The van der Waals surface area contributed by atoms with E-state index < -0.39 is 0 Å². The molecule has 2 aromatic heterocycles. The van der Waals surface area contributed by atoms with Gasteiger partial charge in [0.1, 0.15) is 5.82 Å². The van der Waals surface area contributed by atoms with E-state index in [4.69, 9.17) is 4.42 Å². The summed E-state index contributed by atoms with van der Waals surface area (Å²) in [4.78, 5) is 8.53. The third kappa shape index (κ3) is 1.53. The Labute approximate surface area is 98.9 Å². The van der Waals surface area contributed by atoms with Crippen LogP contribution in [0.5, 0.6) is 0 Å². The number of aromatic nitrogens is 3. The number of fused-ring (bicyclic) bond motifs is 1. The molecule has 0 fully saturated rings. The van der Waals surface area contributed by atoms with Gasteiger partial charge in [-0.05, 0) is 18.2 Å². The van der Waals surface area contributed by atoms with Crippen molar-refractivity contribution in [2.24, 2.45) is 7.05 Å². The van der Waals surface area contributed by atoms with Gasteiger partial charge in [-0.25, -0.2) is 9.97 Å². The minimum absolute atomic E-state index is 0.774. The number of hydrogen-bond donors (Lipinski definition) is 0. The molecule has 0 bridgehead atoms. The predicted octanol–water partition coefficient (Wildman–Crippen LogP) is 2.79. The van der Waals surface area contributed by atoms with Crippen molar-refractivity contribution in [3.05, 3.63) is 36.6 Å². The molecule has 86 valence electrons. The Hall–Kier alpha value is -2.10. The van der Waals surface area contributed by atoms with Crippen LogP contribution in [0.3, 0.4) is 0 Å². The van der Waals surface area contributed by atoms with Gasteiger partial charge in [0.25, 0.3) is 0 Å². The zero-order chi connectivity index (χ0) is 11.8. The van der Waals surface area contributed by atoms with Crippen molar-refractivity contribution in [3.63, 3.8) is 0 Å². The van der Waals surface area contributed by atoms with Crippen LogP contribution in [-0.2, 0) is 13.5 Å². The quantitative estimate of drug-likeness (QED) is 0.676. The average Bonchev–Trinajstić information content (AvgIpc) is 2.97. The smallest absolute Gasteiger partial charge is 0.181 e. The zero-order valence-electron chi connectivity index (χ0n) is 9.84. The van der Waals surface area contributed by atoms with Crippen LogP contribution < -0.4 is 0 Å². The highest BCUT2D eigenvalue weighted by Crippen LogP contribution is 2.24. The van der Waals surface area contributed by atoms with Crippen LogP contribution in [0, 0.1) is 0 Å². The average molecular weight is 227 g/mol. The minimum Gasteiger partial charge on any atom is -0.444 e. The van der Waals surface area contributed by atoms with Crippen molar-refractivity contribution in [1.29, 1.82) is 0 Å². The highest BCUT2D eigenvalue weighted by atomic mass is 16.3. The van der Waals surface area contributed by atoms with E-state index in [1.54, 1.807) is 6.20 Å². The first kappa shape index (κ1) is 10.1. The zero-order valence-corrected chi connectivity index (χ0v) is 9.84. The molecule has 0 saturated carbocycles. The molecule has 1 aromatic carbocycles. The normalized spacial score (nSPS) is 11.2. The van der Waals surface area contributed by atoms with Gasteiger partial charge in [0, 0.05) is 19.0 Å². The van der Waals surface area contributed by atoms with E-state index in [0.29, 0.717) is 0 Å². The van der Waals surface area contributed by atoms with Crippen LogP contribution in [0.25, 0.3) is 22.4 Å². The van der Waals surface area contributed by atoms with Crippen LogP contribution >= 0.6 is 0 Å². The first-order chi connectivity index (χ1) is 8.29. The summed E-state index contributed by atoms with van der Waals surface area (Å²) in [5.41, 5.74) is 3.15. The largest absolute Gasteiger partial charge is 0.444 e. The summed E-state index contributed by atoms with van der Waals surface area (Å²) in [6.45, 7) is 2.11. The number of imidazole rings is 1. The van der Waals surface area contributed by atoms with E-state index >= 15 is 0 Å². The fourth-order valence-electron chi connectivity index (χ4n) is 2.08. The van der Waals surface area contributed by atoms with Crippen molar-refractivity contribution in [2.75, 3.05) is 0 Å². The van der Waals surface area contributed by atoms with Gasteiger partial charge in [0.05, 0.1) is 17.2 Å². The van der Waals surface area contributed by atoms with E-state index in [-0.39, 0.29) is 0 Å². The molecule has 2 heterocycles. The molecule has 0 N–H and O–H groups in total. The molecule has 4 nitrogen and oxygen atoms in total. The van der Waals surface area contributed by atoms with Gasteiger partial charge in [0.15, 0.2) is 12.2 Å². The van der Waals surface area contributed by atoms with Crippen LogP contribution in [0.2, 0.25) is 0 Å². The maximum Gasteiger partial charge on any atom is 0.181 e. The highest BCUT2D eigenvalue weighted by molar-refractivity contribution is 5.81. The van der Waals surface area contributed by atoms with Gasteiger partial charge in [-0.1, -0.05) is 6.92 Å². The molecule has 0 atom stereocenters. The Bertz CT molecular complexity index is 653. The van der Waals surface area contributed by atoms with E-state index in [2.05, 4.69) is 27.5 Å². The lowest BCUT2D eigenvalue weighted by atomic mass is 10.1. The highest BCUT2D eigenvalue weighted by Gasteiger charge is 2.08. The van der Waals surface area contributed by atoms with E-state index in [1.807, 2.05) is 19.2 Å². The fraction of sp³-hybridized carbons (Fsp3) is 0.231. The second-order valence-corrected chi connectivity index (χ2v) is 4.01. The van der Waals surface area contributed by atoms with Crippen LogP contribution in [-0.4, -0.2) is 14.5 Å². The monoisotopic (exact) mass is 227 g/mol. The van der Waals surface area contributed by atoms with Gasteiger partial charge in [-0.3, -0.25) is 0 Å². The Kier molecular flexibility index (Phi) is 2.21. The molecule has 0 amide bonds. The topological polar surface area (TPSA) is 43.9 Å². The minimum atomic E-state index is 0.774. The molecule has 0 unspecified atom stereocenters. The van der Waals surface area contributed by atoms with Crippen molar-refractivity contribution >= 4 is 11.0 Å². The maximum absolute atomic E-state index is 5.29. The summed E-state index contributed by atoms with van der Waals surface area (Å²) in [5.74, 6) is 1.87. The van der Waals surface area contributed by atoms with Crippen LogP contribution in [0.15, 0.2) is 35.2 Å². The molecule has 0 spiro atoms. The van der Waals surface area contributed by atoms with Crippen LogP contribution in [0.1, 0.15) is 12.7 Å². The number of benzene rings is 1. The van der Waals surface area contributed by atoms with Gasteiger partial charge in [-0.15, -0.1) is 0 Å². The molecule has 17 heavy (non-hydrogen) atoms. The van der Waals surface area contributed by atoms with Crippen molar-refractivity contribution < 1.29 is 4.42 Å². The number of hydrogen-bond acceptors (Lipinski definition) is 3. The van der Waals surface area contributed by atoms with E-state index in [1.165, 1.54) is 6.39 Å². The molecular weight excluding hydrogens is 214 g/mol. The molecular formula is C13H13N3O. The van der Waals surface area contributed by atoms with Gasteiger partial charge in [0.2, 0.25) is 0 Å². The molecule has 0 aliphatic heterocycles. The molecule has 0 radical (unpaired) electrons. The molecule has 0 aliphatic carbocycles. The van der Waals surface area contributed by atoms with Crippen LogP contribution in [0.4, 0.5) is 0 Å². The number of nitrogens with zero attached hydrogens (tertiary/aromatic N) is 3. The number of aryl methyl sites for hydroxylation is 2. The van der Waals surface area contributed by atoms with Gasteiger partial charge >= 0.3 is 0 Å². The Balaban J connectivity index is 2.20. The number of rotatable bonds is 2. The third-order valence-corrected chi connectivity index (χ3v) is 3.01. The lowest BCUT2D eigenvalue weighted by molar-refractivity contribution is 0.572. The molecule has 3 rings (SSSR count). The summed E-state index contributed by atoms with van der Waals surface area (Å²) < 4.78 is 7.41. The summed E-state index contributed by atoms with van der Waals surface area (Å²) in [6, 6.07) is 6.14. The summed E-state index contributed by atoms with van der Waals surface area (Å²) in [7, 11) is 2.04. The molecule has 0 aliphatic rings.